The van der Waals surface area contributed by atoms with Crippen LogP contribution in [0.3, 0.4) is 0 Å². The van der Waals surface area contributed by atoms with Gasteiger partial charge in [0.15, 0.2) is 0 Å². The number of aromatic nitrogens is 1. The summed E-state index contributed by atoms with van der Waals surface area (Å²) in [7, 11) is 0. The van der Waals surface area contributed by atoms with E-state index in [0.717, 1.165) is 32.7 Å². The monoisotopic (exact) mass is 341 g/mol. The van der Waals surface area contributed by atoms with E-state index in [0.29, 0.717) is 22.7 Å². The highest BCUT2D eigenvalue weighted by Gasteiger charge is 2.32. The van der Waals surface area contributed by atoms with Crippen LogP contribution in [0.15, 0.2) is 16.9 Å². The molecular formula is C12H16BrN5O2. The Kier molecular flexibility index (Phi) is 3.86. The molecular weight excluding hydrogens is 326 g/mol. The molecule has 0 amide bonds. The zero-order chi connectivity index (χ0) is 14.1. The fraction of sp³-hybridized carbons (Fsp3) is 0.583. The minimum absolute atomic E-state index is 0.00986. The molecule has 3 saturated heterocycles. The van der Waals surface area contributed by atoms with E-state index >= 15 is 0 Å². The van der Waals surface area contributed by atoms with Crippen LogP contribution < -0.4 is 5.32 Å². The zero-order valence-electron chi connectivity index (χ0n) is 11.0. The first-order valence-corrected chi connectivity index (χ1v) is 7.42. The van der Waals surface area contributed by atoms with Gasteiger partial charge in [-0.3, -0.25) is 24.9 Å². The van der Waals surface area contributed by atoms with Crippen LogP contribution >= 0.6 is 15.9 Å². The Morgan fingerprint density at radius 2 is 2.15 bits per heavy atom. The largest absolute Gasteiger partial charge is 0.377 e. The molecule has 0 aliphatic carbocycles. The Balaban J connectivity index is 1.71. The third-order valence-electron chi connectivity index (χ3n) is 3.98. The number of rotatable bonds is 4. The molecule has 1 aromatic rings. The van der Waals surface area contributed by atoms with Gasteiger partial charge in [-0.05, 0) is 15.9 Å². The summed E-state index contributed by atoms with van der Waals surface area (Å²) in [5.74, 6) is 0. The second kappa shape index (κ2) is 5.63. The van der Waals surface area contributed by atoms with Gasteiger partial charge in [0.05, 0.1) is 9.40 Å². The molecule has 0 saturated carbocycles. The van der Waals surface area contributed by atoms with Crippen LogP contribution in [0.5, 0.6) is 0 Å². The third-order valence-corrected chi connectivity index (χ3v) is 4.58. The number of halogens is 1. The first kappa shape index (κ1) is 13.7. The Morgan fingerprint density at radius 3 is 2.75 bits per heavy atom. The van der Waals surface area contributed by atoms with Crippen LogP contribution in [0.2, 0.25) is 0 Å². The van der Waals surface area contributed by atoms with Crippen molar-refractivity contribution in [1.29, 1.82) is 0 Å². The van der Waals surface area contributed by atoms with E-state index in [9.17, 15) is 10.1 Å². The molecule has 4 rings (SSSR count). The van der Waals surface area contributed by atoms with E-state index in [1.165, 1.54) is 6.20 Å². The summed E-state index contributed by atoms with van der Waals surface area (Å²) in [6.07, 6.45) is 2.86. The van der Waals surface area contributed by atoms with Crippen molar-refractivity contribution in [3.63, 3.8) is 0 Å². The van der Waals surface area contributed by atoms with Gasteiger partial charge in [-0.25, -0.2) is 0 Å². The van der Waals surface area contributed by atoms with E-state index in [-0.39, 0.29) is 5.69 Å². The average molecular weight is 342 g/mol. The van der Waals surface area contributed by atoms with Gasteiger partial charge in [0, 0.05) is 51.5 Å². The molecule has 2 bridgehead atoms. The van der Waals surface area contributed by atoms with Crippen LogP contribution in [0, 0.1) is 10.1 Å². The number of fused-ring (bicyclic) bond motifs is 3. The lowest BCUT2D eigenvalue weighted by Gasteiger charge is -2.47. The summed E-state index contributed by atoms with van der Waals surface area (Å²) in [6, 6.07) is 0.414. The lowest BCUT2D eigenvalue weighted by atomic mass is 10.1. The fourth-order valence-corrected chi connectivity index (χ4v) is 3.34. The molecule has 0 radical (unpaired) electrons. The van der Waals surface area contributed by atoms with Crippen molar-refractivity contribution in [2.45, 2.75) is 6.04 Å². The molecule has 108 valence electrons. The van der Waals surface area contributed by atoms with Gasteiger partial charge in [0.2, 0.25) is 0 Å². The SMILES string of the molecule is O=[N+]([O-])c1cncc(Br)c1NC[C@@H]1CN2CCN1CC2. The molecule has 3 aliphatic rings. The Labute approximate surface area is 125 Å². The van der Waals surface area contributed by atoms with Crippen molar-refractivity contribution >= 4 is 27.3 Å². The Morgan fingerprint density at radius 1 is 1.40 bits per heavy atom. The highest BCUT2D eigenvalue weighted by molar-refractivity contribution is 9.10. The smallest absolute Gasteiger partial charge is 0.311 e. The molecule has 8 heteroatoms. The summed E-state index contributed by atoms with van der Waals surface area (Å²) in [4.78, 5) is 19.4. The van der Waals surface area contributed by atoms with E-state index in [1.807, 2.05) is 0 Å². The third kappa shape index (κ3) is 2.63. The standard InChI is InChI=1S/C12H16BrN5O2/c13-10-6-14-7-11(18(19)20)12(10)15-5-9-8-16-1-3-17(9)4-2-16/h6-7,9H,1-5,8H2,(H,14,15)/t9-/m1/s1. The van der Waals surface area contributed by atoms with E-state index < -0.39 is 4.92 Å². The molecule has 4 heterocycles. The topological polar surface area (TPSA) is 74.5 Å². The van der Waals surface area contributed by atoms with Crippen LogP contribution in [0.25, 0.3) is 0 Å². The molecule has 20 heavy (non-hydrogen) atoms. The van der Waals surface area contributed by atoms with Gasteiger partial charge in [-0.15, -0.1) is 0 Å². The van der Waals surface area contributed by atoms with Crippen molar-refractivity contribution in [3.05, 3.63) is 27.0 Å². The Hall–Kier alpha value is -1.25. The highest BCUT2D eigenvalue weighted by Crippen LogP contribution is 2.31. The van der Waals surface area contributed by atoms with Gasteiger partial charge in [-0.1, -0.05) is 0 Å². The summed E-state index contributed by atoms with van der Waals surface area (Å²) in [6.45, 7) is 6.19. The van der Waals surface area contributed by atoms with E-state index in [1.54, 1.807) is 6.20 Å². The summed E-state index contributed by atoms with van der Waals surface area (Å²) >= 11 is 3.33. The lowest BCUT2D eigenvalue weighted by molar-refractivity contribution is -0.384. The Bertz CT molecular complexity index is 519. The van der Waals surface area contributed by atoms with E-state index in [2.05, 4.69) is 36.0 Å². The van der Waals surface area contributed by atoms with Gasteiger partial charge in [0.25, 0.3) is 0 Å². The molecule has 1 N–H and O–H groups in total. The minimum Gasteiger partial charge on any atom is -0.377 e. The minimum atomic E-state index is -0.406. The second-order valence-electron chi connectivity index (χ2n) is 5.14. The maximum absolute atomic E-state index is 11.0. The predicted molar refractivity (Wildman–Crippen MR) is 78.9 cm³/mol. The van der Waals surface area contributed by atoms with Crippen LogP contribution in [0.1, 0.15) is 0 Å². The normalized spacial score (nSPS) is 28.4. The van der Waals surface area contributed by atoms with Gasteiger partial charge < -0.3 is 5.32 Å². The number of hydrogen-bond donors (Lipinski definition) is 1. The molecule has 3 fully saturated rings. The second-order valence-corrected chi connectivity index (χ2v) is 6.00. The van der Waals surface area contributed by atoms with Crippen LogP contribution in [-0.4, -0.2) is 65.0 Å². The molecule has 3 aliphatic heterocycles. The van der Waals surface area contributed by atoms with Gasteiger partial charge in [-0.2, -0.15) is 0 Å². The maximum Gasteiger partial charge on any atom is 0.311 e. The zero-order valence-corrected chi connectivity index (χ0v) is 12.5. The lowest BCUT2D eigenvalue weighted by Crippen LogP contribution is -2.62. The molecule has 7 nitrogen and oxygen atoms in total. The maximum atomic E-state index is 11.0. The van der Waals surface area contributed by atoms with E-state index in [4.69, 9.17) is 0 Å². The fourth-order valence-electron chi connectivity index (χ4n) is 2.88. The molecule has 1 aromatic heterocycles. The number of anilines is 1. The number of piperazine rings is 3. The van der Waals surface area contributed by atoms with Crippen molar-refractivity contribution in [1.82, 2.24) is 14.8 Å². The van der Waals surface area contributed by atoms with Crippen LogP contribution in [0.4, 0.5) is 11.4 Å². The first-order valence-electron chi connectivity index (χ1n) is 6.63. The predicted octanol–water partition coefficient (Wildman–Crippen LogP) is 1.16. The number of nitro groups is 1. The highest BCUT2D eigenvalue weighted by atomic mass is 79.9. The first-order chi connectivity index (χ1) is 9.65. The number of pyridine rings is 1. The number of nitrogens with zero attached hydrogens (tertiary/aromatic N) is 4. The summed E-state index contributed by atoms with van der Waals surface area (Å²) < 4.78 is 0.628. The van der Waals surface area contributed by atoms with Crippen molar-refractivity contribution < 1.29 is 4.92 Å². The van der Waals surface area contributed by atoms with Gasteiger partial charge in [0.1, 0.15) is 11.9 Å². The molecule has 1 atom stereocenters. The molecule has 0 spiro atoms. The average Bonchev–Trinajstić information content (AvgIpc) is 2.47. The number of hydrogen-bond acceptors (Lipinski definition) is 6. The quantitative estimate of drug-likeness (QED) is 0.654. The summed E-state index contributed by atoms with van der Waals surface area (Å²) in [5.41, 5.74) is 0.526. The molecule has 0 aromatic carbocycles. The number of nitrogens with one attached hydrogen (secondary N) is 1. The van der Waals surface area contributed by atoms with Gasteiger partial charge >= 0.3 is 5.69 Å². The molecule has 0 unspecified atom stereocenters. The summed E-state index contributed by atoms with van der Waals surface area (Å²) in [5, 5.41) is 14.3. The van der Waals surface area contributed by atoms with Crippen molar-refractivity contribution in [2.75, 3.05) is 44.6 Å². The van der Waals surface area contributed by atoms with Crippen molar-refractivity contribution in [2.24, 2.45) is 0 Å². The van der Waals surface area contributed by atoms with Crippen LogP contribution in [-0.2, 0) is 0 Å². The van der Waals surface area contributed by atoms with Crippen molar-refractivity contribution in [3.8, 4) is 0 Å².